The van der Waals surface area contributed by atoms with Crippen LogP contribution in [0.15, 0.2) is 36.4 Å². The van der Waals surface area contributed by atoms with E-state index in [1.807, 2.05) is 43.4 Å². The molecular formula is C18H17Cl2NO2. The Morgan fingerprint density at radius 3 is 2.61 bits per heavy atom. The molecule has 23 heavy (non-hydrogen) atoms. The van der Waals surface area contributed by atoms with Gasteiger partial charge in [-0.2, -0.15) is 0 Å². The Balaban J connectivity index is 2.05. The van der Waals surface area contributed by atoms with Gasteiger partial charge in [0.15, 0.2) is 0 Å². The molecule has 2 aromatic carbocycles. The molecule has 1 aliphatic rings. The third-order valence-corrected chi connectivity index (χ3v) is 5.17. The topological polar surface area (TPSA) is 38.3 Å². The second-order valence-corrected chi connectivity index (χ2v) is 6.46. The number of hydrogen-bond donors (Lipinski definition) is 1. The number of nitrogens with one attached hydrogen (secondary N) is 1. The van der Waals surface area contributed by atoms with Gasteiger partial charge in [0.1, 0.15) is 5.75 Å². The summed E-state index contributed by atoms with van der Waals surface area (Å²) in [5.41, 5.74) is 3.54. The smallest absolute Gasteiger partial charge is 0.298 e. The van der Waals surface area contributed by atoms with E-state index >= 15 is 0 Å². The fraction of sp³-hybridized carbons (Fsp3) is 0.278. The molecule has 0 spiro atoms. The molecule has 0 aliphatic heterocycles. The minimum atomic E-state index is 0.249. The molecule has 0 aromatic heterocycles. The molecule has 5 heteroatoms. The molecule has 0 saturated carbocycles. The molecule has 2 aromatic rings. The van der Waals surface area contributed by atoms with Gasteiger partial charge in [-0.25, -0.2) is 0 Å². The number of ether oxygens (including phenoxy) is 1. The third kappa shape index (κ3) is 3.23. The van der Waals surface area contributed by atoms with Crippen LogP contribution in [0.4, 0.5) is 0 Å². The van der Waals surface area contributed by atoms with Crippen molar-refractivity contribution in [3.05, 3.63) is 63.1 Å². The third-order valence-electron chi connectivity index (χ3n) is 4.43. The summed E-state index contributed by atoms with van der Waals surface area (Å²) < 4.78 is 4.99. The van der Waals surface area contributed by atoms with Crippen LogP contribution in [0.5, 0.6) is 5.75 Å². The Bertz CT molecular complexity index is 733. The van der Waals surface area contributed by atoms with Gasteiger partial charge in [0.05, 0.1) is 10.0 Å². The van der Waals surface area contributed by atoms with E-state index in [1.165, 1.54) is 5.56 Å². The van der Waals surface area contributed by atoms with Crippen molar-refractivity contribution in [2.45, 2.75) is 24.8 Å². The van der Waals surface area contributed by atoms with Crippen LogP contribution in [-0.4, -0.2) is 13.5 Å². The van der Waals surface area contributed by atoms with Gasteiger partial charge in [0.25, 0.3) is 6.47 Å². The van der Waals surface area contributed by atoms with Gasteiger partial charge in [-0.1, -0.05) is 35.3 Å². The zero-order valence-electron chi connectivity index (χ0n) is 12.7. The van der Waals surface area contributed by atoms with E-state index < -0.39 is 0 Å². The summed E-state index contributed by atoms with van der Waals surface area (Å²) >= 11 is 12.2. The summed E-state index contributed by atoms with van der Waals surface area (Å²) in [5.74, 6) is 0.823. The summed E-state index contributed by atoms with van der Waals surface area (Å²) in [7, 11) is 1.95. The molecule has 1 aliphatic carbocycles. The van der Waals surface area contributed by atoms with E-state index in [2.05, 4.69) is 5.32 Å². The van der Waals surface area contributed by atoms with Crippen LogP contribution in [0, 0.1) is 0 Å². The van der Waals surface area contributed by atoms with Crippen molar-refractivity contribution in [1.82, 2.24) is 5.32 Å². The second kappa shape index (κ2) is 6.91. The molecule has 120 valence electrons. The first-order valence-corrected chi connectivity index (χ1v) is 8.26. The van der Waals surface area contributed by atoms with E-state index in [-0.39, 0.29) is 12.0 Å². The first-order valence-electron chi connectivity index (χ1n) is 7.50. The largest absolute Gasteiger partial charge is 0.429 e. The maximum absolute atomic E-state index is 10.6. The first kappa shape index (κ1) is 16.3. The van der Waals surface area contributed by atoms with Crippen LogP contribution < -0.4 is 10.1 Å². The molecular weight excluding hydrogens is 333 g/mol. The van der Waals surface area contributed by atoms with E-state index in [1.54, 1.807) is 0 Å². The minimum Gasteiger partial charge on any atom is -0.429 e. The lowest BCUT2D eigenvalue weighted by Gasteiger charge is -2.32. The standard InChI is InChI=1S/C18H17Cl2NO2/c1-21-18-7-5-13(11-2-6-16(19)17(20)8-11)14-4-3-12(23-10-22)9-15(14)18/h2-4,6,8-10,13,18,21H,5,7H2,1H3/t13-,18-/m0/s1. The maximum Gasteiger partial charge on any atom is 0.298 e. The Kier molecular flexibility index (Phi) is 4.90. The molecule has 1 N–H and O–H groups in total. The molecule has 3 rings (SSSR count). The number of carbonyl (C=O) groups excluding carboxylic acids is 1. The predicted molar refractivity (Wildman–Crippen MR) is 92.5 cm³/mol. The lowest BCUT2D eigenvalue weighted by molar-refractivity contribution is -0.120. The van der Waals surface area contributed by atoms with Crippen molar-refractivity contribution in [3.63, 3.8) is 0 Å². The first-order chi connectivity index (χ1) is 11.1. The fourth-order valence-electron chi connectivity index (χ4n) is 3.32. The van der Waals surface area contributed by atoms with Crippen LogP contribution >= 0.6 is 23.2 Å². The highest BCUT2D eigenvalue weighted by Crippen LogP contribution is 2.43. The quantitative estimate of drug-likeness (QED) is 0.812. The predicted octanol–water partition coefficient (Wildman–Crippen LogP) is 4.71. The van der Waals surface area contributed by atoms with Crippen molar-refractivity contribution < 1.29 is 9.53 Å². The van der Waals surface area contributed by atoms with Crippen LogP contribution in [-0.2, 0) is 4.79 Å². The second-order valence-electron chi connectivity index (χ2n) is 5.65. The van der Waals surface area contributed by atoms with Gasteiger partial charge in [-0.05, 0) is 60.8 Å². The van der Waals surface area contributed by atoms with Crippen molar-refractivity contribution in [1.29, 1.82) is 0 Å². The average Bonchev–Trinajstić information content (AvgIpc) is 2.56. The fourth-order valence-corrected chi connectivity index (χ4v) is 3.63. The highest BCUT2D eigenvalue weighted by molar-refractivity contribution is 6.42. The van der Waals surface area contributed by atoms with E-state index in [0.29, 0.717) is 22.3 Å². The van der Waals surface area contributed by atoms with Crippen molar-refractivity contribution in [2.75, 3.05) is 7.05 Å². The normalized spacial score (nSPS) is 20.0. The number of carbonyl (C=O) groups is 1. The Hall–Kier alpha value is -1.55. The molecule has 3 nitrogen and oxygen atoms in total. The molecule has 2 atom stereocenters. The SMILES string of the molecule is CN[C@H]1CC[C@@H](c2ccc(Cl)c(Cl)c2)c2ccc(OC=O)cc21. The maximum atomic E-state index is 10.6. The van der Waals surface area contributed by atoms with Crippen LogP contribution in [0.1, 0.15) is 41.5 Å². The molecule has 0 heterocycles. The van der Waals surface area contributed by atoms with Crippen LogP contribution in [0.2, 0.25) is 10.0 Å². The molecule has 0 radical (unpaired) electrons. The number of hydrogen-bond acceptors (Lipinski definition) is 3. The Morgan fingerprint density at radius 1 is 1.09 bits per heavy atom. The van der Waals surface area contributed by atoms with E-state index in [9.17, 15) is 4.79 Å². The number of halogens is 2. The van der Waals surface area contributed by atoms with Gasteiger partial charge < -0.3 is 10.1 Å². The summed E-state index contributed by atoms with van der Waals surface area (Å²) in [4.78, 5) is 10.6. The lowest BCUT2D eigenvalue weighted by atomic mass is 9.76. The summed E-state index contributed by atoms with van der Waals surface area (Å²) in [6, 6.07) is 11.9. The molecule has 0 amide bonds. The highest BCUT2D eigenvalue weighted by Gasteiger charge is 2.28. The zero-order valence-corrected chi connectivity index (χ0v) is 14.2. The van der Waals surface area contributed by atoms with E-state index in [4.69, 9.17) is 27.9 Å². The summed E-state index contributed by atoms with van der Waals surface area (Å²) in [5, 5.41) is 4.47. The van der Waals surface area contributed by atoms with Gasteiger partial charge in [0, 0.05) is 12.0 Å². The molecule has 0 bridgehead atoms. The van der Waals surface area contributed by atoms with Crippen LogP contribution in [0.3, 0.4) is 0 Å². The van der Waals surface area contributed by atoms with Gasteiger partial charge in [-0.3, -0.25) is 4.79 Å². The number of benzene rings is 2. The van der Waals surface area contributed by atoms with Crippen molar-refractivity contribution in [3.8, 4) is 5.75 Å². The molecule has 0 unspecified atom stereocenters. The monoisotopic (exact) mass is 349 g/mol. The summed E-state index contributed by atoms with van der Waals surface area (Å²) in [6.07, 6.45) is 2.02. The lowest BCUT2D eigenvalue weighted by Crippen LogP contribution is -2.24. The Labute approximate surface area is 145 Å². The van der Waals surface area contributed by atoms with Gasteiger partial charge >= 0.3 is 0 Å². The Morgan fingerprint density at radius 2 is 1.91 bits per heavy atom. The number of fused-ring (bicyclic) bond motifs is 1. The zero-order chi connectivity index (χ0) is 16.4. The van der Waals surface area contributed by atoms with Crippen molar-refractivity contribution in [2.24, 2.45) is 0 Å². The summed E-state index contributed by atoms with van der Waals surface area (Å²) in [6.45, 7) is 0.454. The molecule has 0 saturated heterocycles. The molecule has 0 fully saturated rings. The van der Waals surface area contributed by atoms with Crippen molar-refractivity contribution >= 4 is 29.7 Å². The highest BCUT2D eigenvalue weighted by atomic mass is 35.5. The minimum absolute atomic E-state index is 0.249. The van der Waals surface area contributed by atoms with Crippen LogP contribution in [0.25, 0.3) is 0 Å². The van der Waals surface area contributed by atoms with E-state index in [0.717, 1.165) is 24.0 Å². The van der Waals surface area contributed by atoms with Gasteiger partial charge in [0.2, 0.25) is 0 Å². The van der Waals surface area contributed by atoms with Gasteiger partial charge in [-0.15, -0.1) is 0 Å². The number of rotatable bonds is 4. The average molecular weight is 350 g/mol.